The van der Waals surface area contributed by atoms with Crippen LogP contribution in [-0.2, 0) is 0 Å². The maximum Gasteiger partial charge on any atom is 0.0543 e. The molecule has 122 valence electrons. The van der Waals surface area contributed by atoms with Crippen LogP contribution in [-0.4, -0.2) is 0 Å². The predicted molar refractivity (Wildman–Crippen MR) is 112 cm³/mol. The minimum absolute atomic E-state index is 1.08. The normalized spacial score (nSPS) is 10.8. The van der Waals surface area contributed by atoms with E-state index in [0.717, 1.165) is 15.8 Å². The van der Waals surface area contributed by atoms with E-state index in [0.29, 0.717) is 0 Å². The Morgan fingerprint density at radius 1 is 0.720 bits per heavy atom. The van der Waals surface area contributed by atoms with Crippen LogP contribution in [0.4, 0.5) is 11.4 Å². The van der Waals surface area contributed by atoms with E-state index in [1.165, 1.54) is 27.5 Å². The fourth-order valence-corrected chi connectivity index (χ4v) is 3.51. The first kappa shape index (κ1) is 15.9. The summed E-state index contributed by atoms with van der Waals surface area (Å²) in [6.45, 7) is 2.11. The predicted octanol–water partition coefficient (Wildman–Crippen LogP) is 7.32. The second-order valence-corrected chi connectivity index (χ2v) is 6.93. The van der Waals surface area contributed by atoms with Gasteiger partial charge in [-0.1, -0.05) is 78.9 Å². The maximum atomic E-state index is 3.72. The summed E-state index contributed by atoms with van der Waals surface area (Å²) in [5.41, 5.74) is 5.84. The largest absolute Gasteiger partial charge is 0.354 e. The highest BCUT2D eigenvalue weighted by atomic mass is 79.9. The fraction of sp³-hybridized carbons (Fsp3) is 0.0435. The van der Waals surface area contributed by atoms with Crippen LogP contribution in [0.3, 0.4) is 0 Å². The van der Waals surface area contributed by atoms with Gasteiger partial charge < -0.3 is 5.32 Å². The number of aryl methyl sites for hydroxylation is 1. The number of hydrogen-bond donors (Lipinski definition) is 1. The monoisotopic (exact) mass is 387 g/mol. The van der Waals surface area contributed by atoms with Gasteiger partial charge in [0.25, 0.3) is 0 Å². The van der Waals surface area contributed by atoms with Crippen LogP contribution >= 0.6 is 15.9 Å². The Morgan fingerprint density at radius 3 is 2.32 bits per heavy atom. The van der Waals surface area contributed by atoms with Crippen molar-refractivity contribution in [3.63, 3.8) is 0 Å². The zero-order valence-electron chi connectivity index (χ0n) is 14.0. The zero-order valence-corrected chi connectivity index (χ0v) is 15.5. The molecule has 0 fully saturated rings. The maximum absolute atomic E-state index is 3.72. The van der Waals surface area contributed by atoms with E-state index in [1.807, 2.05) is 0 Å². The standard InChI is InChI=1S/C23H18BrN/c1-16-8-7-13-21(22(16)24)25-23-19-12-6-5-11-18(19)14-15-20(23)17-9-3-2-4-10-17/h2-15,25H,1H3. The van der Waals surface area contributed by atoms with Crippen molar-refractivity contribution in [3.05, 3.63) is 95.0 Å². The van der Waals surface area contributed by atoms with Gasteiger partial charge in [-0.25, -0.2) is 0 Å². The first-order valence-corrected chi connectivity index (χ1v) is 9.12. The average Bonchev–Trinajstić information content (AvgIpc) is 2.66. The molecule has 1 nitrogen and oxygen atoms in total. The molecule has 0 aliphatic carbocycles. The molecule has 0 saturated carbocycles. The molecule has 25 heavy (non-hydrogen) atoms. The van der Waals surface area contributed by atoms with E-state index in [4.69, 9.17) is 0 Å². The van der Waals surface area contributed by atoms with E-state index >= 15 is 0 Å². The van der Waals surface area contributed by atoms with Crippen molar-refractivity contribution in [2.24, 2.45) is 0 Å². The molecule has 0 aliphatic rings. The van der Waals surface area contributed by atoms with Crippen molar-refractivity contribution in [1.29, 1.82) is 0 Å². The molecule has 0 spiro atoms. The highest BCUT2D eigenvalue weighted by Crippen LogP contribution is 2.38. The molecule has 0 saturated heterocycles. The molecule has 4 aromatic carbocycles. The fourth-order valence-electron chi connectivity index (χ4n) is 3.14. The van der Waals surface area contributed by atoms with E-state index < -0.39 is 0 Å². The number of hydrogen-bond acceptors (Lipinski definition) is 1. The van der Waals surface area contributed by atoms with Gasteiger partial charge in [-0.2, -0.15) is 0 Å². The lowest BCUT2D eigenvalue weighted by molar-refractivity contribution is 1.41. The summed E-state index contributed by atoms with van der Waals surface area (Å²) >= 11 is 3.72. The number of nitrogens with one attached hydrogen (secondary N) is 1. The van der Waals surface area contributed by atoms with Gasteiger partial charge >= 0.3 is 0 Å². The number of halogens is 1. The molecule has 4 rings (SSSR count). The number of fused-ring (bicyclic) bond motifs is 1. The lowest BCUT2D eigenvalue weighted by Gasteiger charge is -2.17. The van der Waals surface area contributed by atoms with E-state index in [2.05, 4.69) is 113 Å². The van der Waals surface area contributed by atoms with Crippen molar-refractivity contribution in [3.8, 4) is 11.1 Å². The minimum Gasteiger partial charge on any atom is -0.354 e. The third-order valence-corrected chi connectivity index (χ3v) is 5.52. The molecule has 0 heterocycles. The summed E-state index contributed by atoms with van der Waals surface area (Å²) in [6, 6.07) is 29.7. The first-order chi connectivity index (χ1) is 12.2. The molecule has 4 aromatic rings. The van der Waals surface area contributed by atoms with Crippen LogP contribution in [0.25, 0.3) is 21.9 Å². The van der Waals surface area contributed by atoms with Gasteiger partial charge in [-0.3, -0.25) is 0 Å². The van der Waals surface area contributed by atoms with Gasteiger partial charge in [0.2, 0.25) is 0 Å². The topological polar surface area (TPSA) is 12.0 Å². The summed E-state index contributed by atoms with van der Waals surface area (Å²) < 4.78 is 1.10. The van der Waals surface area contributed by atoms with Gasteiger partial charge in [0.05, 0.1) is 11.4 Å². The van der Waals surface area contributed by atoms with Gasteiger partial charge in [0.15, 0.2) is 0 Å². The summed E-state index contributed by atoms with van der Waals surface area (Å²) in [5.74, 6) is 0. The SMILES string of the molecule is Cc1cccc(Nc2c(-c3ccccc3)ccc3ccccc23)c1Br. The van der Waals surface area contributed by atoms with Crippen molar-refractivity contribution in [2.75, 3.05) is 5.32 Å². The molecular formula is C23H18BrN. The molecular weight excluding hydrogens is 370 g/mol. The van der Waals surface area contributed by atoms with Crippen LogP contribution in [0.5, 0.6) is 0 Å². The number of benzene rings is 4. The Kier molecular flexibility index (Phi) is 4.29. The smallest absolute Gasteiger partial charge is 0.0543 e. The Morgan fingerprint density at radius 2 is 1.48 bits per heavy atom. The number of rotatable bonds is 3. The third kappa shape index (κ3) is 3.06. The van der Waals surface area contributed by atoms with E-state index in [1.54, 1.807) is 0 Å². The number of anilines is 2. The van der Waals surface area contributed by atoms with Crippen molar-refractivity contribution in [2.45, 2.75) is 6.92 Å². The minimum atomic E-state index is 1.08. The van der Waals surface area contributed by atoms with Gasteiger partial charge in [0.1, 0.15) is 0 Å². The summed E-state index contributed by atoms with van der Waals surface area (Å²) in [7, 11) is 0. The molecule has 0 unspecified atom stereocenters. The van der Waals surface area contributed by atoms with Crippen LogP contribution in [0.1, 0.15) is 5.56 Å². The van der Waals surface area contributed by atoms with Gasteiger partial charge in [-0.15, -0.1) is 0 Å². The lowest BCUT2D eigenvalue weighted by atomic mass is 9.98. The van der Waals surface area contributed by atoms with Gasteiger partial charge in [-0.05, 0) is 45.4 Å². The second-order valence-electron chi connectivity index (χ2n) is 6.14. The quantitative estimate of drug-likeness (QED) is 0.388. The highest BCUT2D eigenvalue weighted by molar-refractivity contribution is 9.10. The van der Waals surface area contributed by atoms with E-state index in [-0.39, 0.29) is 0 Å². The Hall–Kier alpha value is -2.58. The summed E-state index contributed by atoms with van der Waals surface area (Å²) in [5, 5.41) is 6.13. The van der Waals surface area contributed by atoms with Crippen LogP contribution in [0.2, 0.25) is 0 Å². The molecule has 0 aliphatic heterocycles. The summed E-state index contributed by atoms with van der Waals surface area (Å²) in [6.07, 6.45) is 0. The average molecular weight is 388 g/mol. The molecule has 2 heteroatoms. The van der Waals surface area contributed by atoms with Crippen molar-refractivity contribution >= 4 is 38.1 Å². The van der Waals surface area contributed by atoms with Gasteiger partial charge in [0, 0.05) is 15.4 Å². The molecule has 0 amide bonds. The highest BCUT2D eigenvalue weighted by Gasteiger charge is 2.11. The molecule has 1 N–H and O–H groups in total. The molecule has 0 aromatic heterocycles. The lowest BCUT2D eigenvalue weighted by Crippen LogP contribution is -1.96. The van der Waals surface area contributed by atoms with Crippen LogP contribution < -0.4 is 5.32 Å². The Bertz CT molecular complexity index is 1040. The molecule has 0 radical (unpaired) electrons. The first-order valence-electron chi connectivity index (χ1n) is 8.33. The molecule has 0 atom stereocenters. The molecule has 0 bridgehead atoms. The zero-order chi connectivity index (χ0) is 17.2. The Balaban J connectivity index is 1.95. The third-order valence-electron chi connectivity index (χ3n) is 4.47. The van der Waals surface area contributed by atoms with E-state index in [9.17, 15) is 0 Å². The van der Waals surface area contributed by atoms with Crippen LogP contribution in [0, 0.1) is 6.92 Å². The van der Waals surface area contributed by atoms with Crippen molar-refractivity contribution in [1.82, 2.24) is 0 Å². The Labute approximate surface area is 156 Å². The second kappa shape index (κ2) is 6.73. The van der Waals surface area contributed by atoms with Crippen molar-refractivity contribution < 1.29 is 0 Å². The van der Waals surface area contributed by atoms with Crippen LogP contribution in [0.15, 0.2) is 89.4 Å². The summed E-state index contributed by atoms with van der Waals surface area (Å²) in [4.78, 5) is 0.